The standard InChI is InChI=1S/C16H23N5/c1-12-8-13(2)21(19-12)15-10-17-9-14(18-15)20-7-5-6-16(3,4)11-20/h8-10H,5-7,11H2,1-4H3. The molecular weight excluding hydrogens is 262 g/mol. The molecule has 21 heavy (non-hydrogen) atoms. The number of rotatable bonds is 2. The Labute approximate surface area is 126 Å². The van der Waals surface area contributed by atoms with Gasteiger partial charge in [0.2, 0.25) is 0 Å². The number of hydrogen-bond acceptors (Lipinski definition) is 4. The molecule has 3 rings (SSSR count). The maximum Gasteiger partial charge on any atom is 0.174 e. The second-order valence-corrected chi connectivity index (χ2v) is 6.76. The molecule has 0 aromatic carbocycles. The van der Waals surface area contributed by atoms with E-state index in [0.29, 0.717) is 5.41 Å². The molecule has 0 N–H and O–H groups in total. The number of nitrogens with zero attached hydrogens (tertiary/aromatic N) is 5. The molecule has 0 saturated carbocycles. The summed E-state index contributed by atoms with van der Waals surface area (Å²) in [5, 5.41) is 4.49. The Morgan fingerprint density at radius 2 is 1.90 bits per heavy atom. The molecule has 0 atom stereocenters. The van der Waals surface area contributed by atoms with Crippen LogP contribution in [0.15, 0.2) is 18.5 Å². The summed E-state index contributed by atoms with van der Waals surface area (Å²) in [6.45, 7) is 10.8. The average Bonchev–Trinajstić information content (AvgIpc) is 2.77. The highest BCUT2D eigenvalue weighted by Crippen LogP contribution is 2.30. The summed E-state index contributed by atoms with van der Waals surface area (Å²) in [5.41, 5.74) is 2.42. The van der Waals surface area contributed by atoms with Crippen molar-refractivity contribution >= 4 is 5.82 Å². The topological polar surface area (TPSA) is 46.8 Å². The van der Waals surface area contributed by atoms with E-state index < -0.39 is 0 Å². The van der Waals surface area contributed by atoms with Gasteiger partial charge in [-0.05, 0) is 38.2 Å². The Bertz CT molecular complexity index is 644. The zero-order chi connectivity index (χ0) is 15.0. The summed E-state index contributed by atoms with van der Waals surface area (Å²) in [5.74, 6) is 1.74. The van der Waals surface area contributed by atoms with E-state index >= 15 is 0 Å². The van der Waals surface area contributed by atoms with E-state index in [-0.39, 0.29) is 0 Å². The Hall–Kier alpha value is -1.91. The first-order valence-corrected chi connectivity index (χ1v) is 7.55. The fourth-order valence-corrected chi connectivity index (χ4v) is 3.08. The van der Waals surface area contributed by atoms with Gasteiger partial charge in [-0.3, -0.25) is 4.98 Å². The molecule has 0 amide bonds. The first-order valence-electron chi connectivity index (χ1n) is 7.55. The van der Waals surface area contributed by atoms with Gasteiger partial charge in [-0.2, -0.15) is 5.10 Å². The second-order valence-electron chi connectivity index (χ2n) is 6.76. The number of aromatic nitrogens is 4. The molecule has 0 aliphatic carbocycles. The van der Waals surface area contributed by atoms with Crippen LogP contribution in [0.3, 0.4) is 0 Å². The fraction of sp³-hybridized carbons (Fsp3) is 0.562. The van der Waals surface area contributed by atoms with Crippen LogP contribution >= 0.6 is 0 Å². The van der Waals surface area contributed by atoms with E-state index in [1.54, 1.807) is 6.20 Å². The normalized spacial score (nSPS) is 18.0. The van der Waals surface area contributed by atoms with E-state index in [4.69, 9.17) is 4.98 Å². The number of anilines is 1. The predicted molar refractivity (Wildman–Crippen MR) is 83.9 cm³/mol. The van der Waals surface area contributed by atoms with Crippen LogP contribution in [-0.2, 0) is 0 Å². The lowest BCUT2D eigenvalue weighted by atomic mass is 9.84. The van der Waals surface area contributed by atoms with Crippen LogP contribution in [0.1, 0.15) is 38.1 Å². The maximum atomic E-state index is 4.77. The monoisotopic (exact) mass is 285 g/mol. The van der Waals surface area contributed by atoms with Crippen LogP contribution in [-0.4, -0.2) is 32.8 Å². The van der Waals surface area contributed by atoms with Gasteiger partial charge in [-0.25, -0.2) is 9.67 Å². The third-order valence-electron chi connectivity index (χ3n) is 4.06. The largest absolute Gasteiger partial charge is 0.355 e. The maximum absolute atomic E-state index is 4.77. The van der Waals surface area contributed by atoms with Crippen molar-refractivity contribution in [2.24, 2.45) is 5.41 Å². The van der Waals surface area contributed by atoms with Gasteiger partial charge in [0.15, 0.2) is 5.82 Å². The molecule has 3 heterocycles. The molecule has 2 aromatic heterocycles. The van der Waals surface area contributed by atoms with E-state index in [2.05, 4.69) is 34.9 Å². The van der Waals surface area contributed by atoms with Crippen LogP contribution in [0.25, 0.3) is 5.82 Å². The average molecular weight is 285 g/mol. The lowest BCUT2D eigenvalue weighted by molar-refractivity contribution is 0.292. The van der Waals surface area contributed by atoms with Crippen LogP contribution < -0.4 is 4.90 Å². The molecule has 0 radical (unpaired) electrons. The van der Waals surface area contributed by atoms with Crippen molar-refractivity contribution in [1.82, 2.24) is 19.7 Å². The van der Waals surface area contributed by atoms with Crippen molar-refractivity contribution < 1.29 is 0 Å². The summed E-state index contributed by atoms with van der Waals surface area (Å²) < 4.78 is 1.86. The molecule has 0 unspecified atom stereocenters. The fourth-order valence-electron chi connectivity index (χ4n) is 3.08. The van der Waals surface area contributed by atoms with E-state index in [1.807, 2.05) is 24.7 Å². The van der Waals surface area contributed by atoms with Gasteiger partial charge in [0.25, 0.3) is 0 Å². The molecule has 1 fully saturated rings. The van der Waals surface area contributed by atoms with Crippen molar-refractivity contribution in [3.63, 3.8) is 0 Å². The second kappa shape index (κ2) is 5.13. The highest BCUT2D eigenvalue weighted by Gasteiger charge is 2.27. The highest BCUT2D eigenvalue weighted by molar-refractivity contribution is 5.40. The summed E-state index contributed by atoms with van der Waals surface area (Å²) in [6.07, 6.45) is 6.11. The molecule has 0 bridgehead atoms. The van der Waals surface area contributed by atoms with Crippen molar-refractivity contribution in [3.8, 4) is 5.82 Å². The molecule has 1 saturated heterocycles. The van der Waals surface area contributed by atoms with Crippen molar-refractivity contribution in [2.45, 2.75) is 40.5 Å². The Morgan fingerprint density at radius 1 is 1.14 bits per heavy atom. The molecule has 2 aromatic rings. The summed E-state index contributed by atoms with van der Waals surface area (Å²) in [7, 11) is 0. The van der Waals surface area contributed by atoms with E-state index in [0.717, 1.165) is 36.1 Å². The first-order chi connectivity index (χ1) is 9.94. The first kappa shape index (κ1) is 14.0. The van der Waals surface area contributed by atoms with Crippen molar-refractivity contribution in [2.75, 3.05) is 18.0 Å². The lowest BCUT2D eigenvalue weighted by Gasteiger charge is -2.38. The minimum Gasteiger partial charge on any atom is -0.355 e. The van der Waals surface area contributed by atoms with Crippen molar-refractivity contribution in [3.05, 3.63) is 29.8 Å². The van der Waals surface area contributed by atoms with Crippen LogP contribution in [0, 0.1) is 19.3 Å². The lowest BCUT2D eigenvalue weighted by Crippen LogP contribution is -2.40. The summed E-state index contributed by atoms with van der Waals surface area (Å²) in [6, 6.07) is 2.05. The molecule has 1 aliphatic rings. The minimum absolute atomic E-state index is 0.341. The van der Waals surface area contributed by atoms with Gasteiger partial charge in [0.05, 0.1) is 18.1 Å². The van der Waals surface area contributed by atoms with E-state index in [1.165, 1.54) is 12.8 Å². The van der Waals surface area contributed by atoms with Crippen LogP contribution in [0.5, 0.6) is 0 Å². The van der Waals surface area contributed by atoms with Gasteiger partial charge in [0, 0.05) is 18.8 Å². The van der Waals surface area contributed by atoms with Gasteiger partial charge < -0.3 is 4.90 Å². The number of aryl methyl sites for hydroxylation is 2. The third kappa shape index (κ3) is 2.91. The number of piperidine rings is 1. The number of hydrogen-bond donors (Lipinski definition) is 0. The quantitative estimate of drug-likeness (QED) is 0.851. The van der Waals surface area contributed by atoms with Gasteiger partial charge >= 0.3 is 0 Å². The third-order valence-corrected chi connectivity index (χ3v) is 4.06. The van der Waals surface area contributed by atoms with E-state index in [9.17, 15) is 0 Å². The minimum atomic E-state index is 0.341. The molecule has 112 valence electrons. The smallest absolute Gasteiger partial charge is 0.174 e. The predicted octanol–water partition coefficient (Wildman–Crippen LogP) is 2.91. The molecule has 5 heteroatoms. The summed E-state index contributed by atoms with van der Waals surface area (Å²) in [4.78, 5) is 11.5. The molecule has 1 aliphatic heterocycles. The molecular formula is C16H23N5. The van der Waals surface area contributed by atoms with Crippen LogP contribution in [0.4, 0.5) is 5.82 Å². The zero-order valence-corrected chi connectivity index (χ0v) is 13.3. The Balaban J connectivity index is 1.91. The van der Waals surface area contributed by atoms with Gasteiger partial charge in [-0.15, -0.1) is 0 Å². The van der Waals surface area contributed by atoms with Gasteiger partial charge in [0.1, 0.15) is 5.82 Å². The zero-order valence-electron chi connectivity index (χ0n) is 13.3. The molecule has 5 nitrogen and oxygen atoms in total. The van der Waals surface area contributed by atoms with Crippen LogP contribution in [0.2, 0.25) is 0 Å². The van der Waals surface area contributed by atoms with Crippen molar-refractivity contribution in [1.29, 1.82) is 0 Å². The van der Waals surface area contributed by atoms with Gasteiger partial charge in [-0.1, -0.05) is 13.8 Å². The molecule has 0 spiro atoms. The Kier molecular flexibility index (Phi) is 3.43. The Morgan fingerprint density at radius 3 is 2.57 bits per heavy atom. The SMILES string of the molecule is Cc1cc(C)n(-c2cncc(N3CCCC(C)(C)C3)n2)n1. The summed E-state index contributed by atoms with van der Waals surface area (Å²) >= 11 is 0. The highest BCUT2D eigenvalue weighted by atomic mass is 15.3.